The van der Waals surface area contributed by atoms with Gasteiger partial charge in [-0.25, -0.2) is 0 Å². The molecule has 0 spiro atoms. The summed E-state index contributed by atoms with van der Waals surface area (Å²) in [7, 11) is 0. The zero-order chi connectivity index (χ0) is 15.0. The Morgan fingerprint density at radius 2 is 1.48 bits per heavy atom. The lowest BCUT2D eigenvalue weighted by Gasteiger charge is -2.10. The molecule has 0 atom stereocenters. The van der Waals surface area contributed by atoms with E-state index in [1.54, 1.807) is 0 Å². The van der Waals surface area contributed by atoms with Gasteiger partial charge >= 0.3 is 0 Å². The monoisotopic (exact) mass is 275 g/mol. The smallest absolute Gasteiger partial charge is 0.0167 e. The van der Waals surface area contributed by atoms with Crippen LogP contribution < -0.4 is 0 Å². The molecule has 21 heavy (non-hydrogen) atoms. The Morgan fingerprint density at radius 1 is 0.762 bits per heavy atom. The number of hydrogen-bond donors (Lipinski definition) is 0. The van der Waals surface area contributed by atoms with Crippen LogP contribution in [0.25, 0.3) is 17.2 Å². The van der Waals surface area contributed by atoms with Crippen LogP contribution in [0.2, 0.25) is 0 Å². The van der Waals surface area contributed by atoms with Crippen molar-refractivity contribution in [1.29, 1.82) is 0 Å². The molecule has 107 valence electrons. The van der Waals surface area contributed by atoms with Gasteiger partial charge in [-0.2, -0.15) is 0 Å². The van der Waals surface area contributed by atoms with Gasteiger partial charge in [-0.15, -0.1) is 0 Å². The fraction of sp³-hybridized carbons (Fsp3) is 0.286. The Kier molecular flexibility index (Phi) is 3.71. The summed E-state index contributed by atoms with van der Waals surface area (Å²) in [5.41, 5.74) is 8.20. The first kappa shape index (κ1) is 14.1. The molecule has 0 heterocycles. The lowest BCUT2D eigenvalue weighted by molar-refractivity contribution is 0.789. The van der Waals surface area contributed by atoms with Crippen molar-refractivity contribution >= 4 is 6.08 Å². The highest BCUT2D eigenvalue weighted by molar-refractivity contribution is 5.83. The molecule has 0 bridgehead atoms. The zero-order valence-electron chi connectivity index (χ0n) is 13.4. The molecule has 3 rings (SSSR count). The predicted molar refractivity (Wildman–Crippen MR) is 92.2 cm³/mol. The van der Waals surface area contributed by atoms with Gasteiger partial charge in [0.05, 0.1) is 0 Å². The molecule has 0 aromatic heterocycles. The van der Waals surface area contributed by atoms with Crippen molar-refractivity contribution in [2.75, 3.05) is 0 Å². The van der Waals surface area contributed by atoms with E-state index in [9.17, 15) is 0 Å². The summed E-state index contributed by atoms with van der Waals surface area (Å²) in [4.78, 5) is 0. The fourth-order valence-electron chi connectivity index (χ4n) is 2.89. The van der Waals surface area contributed by atoms with E-state index in [1.165, 1.54) is 33.4 Å². The second-order valence-corrected chi connectivity index (χ2v) is 6.53. The first-order chi connectivity index (χ1) is 10.1. The van der Waals surface area contributed by atoms with Crippen LogP contribution in [0.1, 0.15) is 50.3 Å². The Bertz CT molecular complexity index is 670. The van der Waals surface area contributed by atoms with Crippen molar-refractivity contribution in [3.63, 3.8) is 0 Å². The summed E-state index contributed by atoms with van der Waals surface area (Å²) < 4.78 is 0. The van der Waals surface area contributed by atoms with Crippen LogP contribution in [-0.4, -0.2) is 0 Å². The molecule has 2 aromatic rings. The van der Waals surface area contributed by atoms with Crippen LogP contribution in [0.4, 0.5) is 0 Å². The van der Waals surface area contributed by atoms with Crippen molar-refractivity contribution in [3.05, 3.63) is 71.1 Å². The van der Waals surface area contributed by atoms with Crippen LogP contribution in [0.5, 0.6) is 0 Å². The van der Waals surface area contributed by atoms with Crippen LogP contribution in [0.15, 0.2) is 48.0 Å². The first-order valence-electron chi connectivity index (χ1n) is 7.86. The number of fused-ring (bicyclic) bond motifs is 1. The standard InChI is InChI=1S/C21H23/c1-14(2)16-8-10-17(11-9-16)20-7-5-6-18-12-19(15(3)4)13-21(18)20/h5-15H,1-4H3. The molecule has 0 N–H and O–H groups in total. The van der Waals surface area contributed by atoms with Gasteiger partial charge < -0.3 is 0 Å². The van der Waals surface area contributed by atoms with Gasteiger partial charge in [-0.1, -0.05) is 81.8 Å². The predicted octanol–water partition coefficient (Wildman–Crippen LogP) is 6.08. The molecule has 0 saturated carbocycles. The second-order valence-electron chi connectivity index (χ2n) is 6.53. The van der Waals surface area contributed by atoms with Crippen molar-refractivity contribution in [2.45, 2.75) is 33.6 Å². The van der Waals surface area contributed by atoms with E-state index < -0.39 is 0 Å². The van der Waals surface area contributed by atoms with Crippen LogP contribution in [0.3, 0.4) is 0 Å². The average Bonchev–Trinajstić information content (AvgIpc) is 2.91. The number of benzene rings is 2. The summed E-state index contributed by atoms with van der Waals surface area (Å²) >= 11 is 0. The van der Waals surface area contributed by atoms with Crippen molar-refractivity contribution in [1.82, 2.24) is 0 Å². The maximum Gasteiger partial charge on any atom is 0.0167 e. The Labute approximate surface area is 128 Å². The summed E-state index contributed by atoms with van der Waals surface area (Å²) in [6.45, 7) is 8.99. The Balaban J connectivity index is 2.03. The molecule has 2 aromatic carbocycles. The summed E-state index contributed by atoms with van der Waals surface area (Å²) in [5.74, 6) is 1.16. The van der Waals surface area contributed by atoms with Gasteiger partial charge in [-0.05, 0) is 39.7 Å². The minimum atomic E-state index is 0.577. The summed E-state index contributed by atoms with van der Waals surface area (Å²) in [5, 5.41) is 0. The zero-order valence-corrected chi connectivity index (χ0v) is 13.4. The van der Waals surface area contributed by atoms with Gasteiger partial charge in [0.15, 0.2) is 0 Å². The van der Waals surface area contributed by atoms with Crippen molar-refractivity contribution < 1.29 is 0 Å². The van der Waals surface area contributed by atoms with Gasteiger partial charge in [0.2, 0.25) is 0 Å². The molecule has 0 fully saturated rings. The molecule has 0 saturated heterocycles. The van der Waals surface area contributed by atoms with Gasteiger partial charge in [0.25, 0.3) is 0 Å². The number of rotatable bonds is 3. The summed E-state index contributed by atoms with van der Waals surface area (Å²) in [6, 6.07) is 15.6. The average molecular weight is 275 g/mol. The van der Waals surface area contributed by atoms with E-state index in [0.717, 1.165) is 0 Å². The number of allylic oxidation sites excluding steroid dienone is 1. The quantitative estimate of drug-likeness (QED) is 0.636. The third kappa shape index (κ3) is 2.68. The van der Waals surface area contributed by atoms with Gasteiger partial charge in [0.1, 0.15) is 0 Å². The molecule has 0 heteroatoms. The lowest BCUT2D eigenvalue weighted by Crippen LogP contribution is -1.90. The van der Waals surface area contributed by atoms with Crippen molar-refractivity contribution in [2.24, 2.45) is 5.92 Å². The second kappa shape index (κ2) is 5.52. The third-order valence-corrected chi connectivity index (χ3v) is 4.33. The lowest BCUT2D eigenvalue weighted by atomic mass is 9.94. The molecule has 0 amide bonds. The highest BCUT2D eigenvalue weighted by atomic mass is 14.2. The van der Waals surface area contributed by atoms with E-state index in [2.05, 4.69) is 82.7 Å². The van der Waals surface area contributed by atoms with Gasteiger partial charge in [0, 0.05) is 6.42 Å². The van der Waals surface area contributed by atoms with Crippen LogP contribution in [-0.2, 0) is 0 Å². The molecular formula is C21H23. The SMILES string of the molecule is CC(C)C1=Cc2c(cccc2-c2ccc(C(C)C)cc2)[CH]1. The van der Waals surface area contributed by atoms with E-state index in [4.69, 9.17) is 0 Å². The highest BCUT2D eigenvalue weighted by Gasteiger charge is 2.18. The van der Waals surface area contributed by atoms with E-state index in [1.807, 2.05) is 0 Å². The van der Waals surface area contributed by atoms with E-state index in [0.29, 0.717) is 11.8 Å². The van der Waals surface area contributed by atoms with Gasteiger partial charge in [-0.3, -0.25) is 0 Å². The van der Waals surface area contributed by atoms with Crippen molar-refractivity contribution in [3.8, 4) is 11.1 Å². The number of hydrogen-bond acceptors (Lipinski definition) is 0. The molecule has 1 aliphatic rings. The highest BCUT2D eigenvalue weighted by Crippen LogP contribution is 2.37. The largest absolute Gasteiger partial charge is 0.0613 e. The topological polar surface area (TPSA) is 0 Å². The molecular weight excluding hydrogens is 252 g/mol. The molecule has 0 unspecified atom stereocenters. The first-order valence-corrected chi connectivity index (χ1v) is 7.86. The Hall–Kier alpha value is -1.82. The van der Waals surface area contributed by atoms with E-state index >= 15 is 0 Å². The minimum Gasteiger partial charge on any atom is -0.0613 e. The normalized spacial score (nSPS) is 13.7. The minimum absolute atomic E-state index is 0.577. The molecule has 1 aliphatic carbocycles. The third-order valence-electron chi connectivity index (χ3n) is 4.33. The molecule has 0 nitrogen and oxygen atoms in total. The van der Waals surface area contributed by atoms with Crippen LogP contribution >= 0.6 is 0 Å². The molecule has 0 aliphatic heterocycles. The van der Waals surface area contributed by atoms with Crippen LogP contribution in [0, 0.1) is 12.3 Å². The molecule has 1 radical (unpaired) electrons. The Morgan fingerprint density at radius 3 is 2.10 bits per heavy atom. The maximum atomic E-state index is 2.35. The van der Waals surface area contributed by atoms with E-state index in [-0.39, 0.29) is 0 Å². The maximum absolute atomic E-state index is 2.35. The summed E-state index contributed by atoms with van der Waals surface area (Å²) in [6.07, 6.45) is 4.68. The fourth-order valence-corrected chi connectivity index (χ4v) is 2.89.